The van der Waals surface area contributed by atoms with Gasteiger partial charge in [0.1, 0.15) is 11.8 Å². The number of amides is 2. The molecule has 0 fully saturated rings. The Kier molecular flexibility index (Phi) is 12.1. The summed E-state index contributed by atoms with van der Waals surface area (Å²) in [5, 5.41) is 7.55. The first-order valence-corrected chi connectivity index (χ1v) is 13.1. The lowest BCUT2D eigenvalue weighted by Crippen LogP contribution is -2.49. The first kappa shape index (κ1) is 30.0. The van der Waals surface area contributed by atoms with E-state index < -0.39 is 24.0 Å². The first-order valence-electron chi connectivity index (χ1n) is 11.3. The Bertz CT molecular complexity index is 1100. The minimum absolute atomic E-state index is 0.142. The van der Waals surface area contributed by atoms with Crippen LogP contribution >= 0.6 is 45.8 Å². The Morgan fingerprint density at radius 2 is 1.83 bits per heavy atom. The molecular weight excluding hydrogens is 620 g/mol. The van der Waals surface area contributed by atoms with Crippen molar-refractivity contribution in [2.75, 3.05) is 13.7 Å². The molecule has 0 saturated heterocycles. The number of carbonyl (C=O) groups is 2. The fourth-order valence-corrected chi connectivity index (χ4v) is 4.48. The molecule has 0 heterocycles. The summed E-state index contributed by atoms with van der Waals surface area (Å²) in [4.78, 5) is 25.6. The van der Waals surface area contributed by atoms with Crippen molar-refractivity contribution < 1.29 is 23.8 Å². The largest absolute Gasteiger partial charge is 0.492 e. The normalized spacial score (nSPS) is 12.8. The molecule has 2 amide bonds. The highest BCUT2D eigenvalue weighted by Crippen LogP contribution is 2.33. The number of nitrogens with one attached hydrogen (secondary N) is 2. The van der Waals surface area contributed by atoms with Gasteiger partial charge in [0.15, 0.2) is 17.6 Å². The molecule has 0 aliphatic heterocycles. The predicted molar refractivity (Wildman–Crippen MR) is 151 cm³/mol. The van der Waals surface area contributed by atoms with Gasteiger partial charge in [0.2, 0.25) is 0 Å². The number of methoxy groups -OCH3 is 1. The molecule has 0 aliphatic rings. The number of benzene rings is 2. The summed E-state index contributed by atoms with van der Waals surface area (Å²) < 4.78 is 17.5. The maximum absolute atomic E-state index is 12.9. The van der Waals surface area contributed by atoms with Crippen LogP contribution in [0.25, 0.3) is 0 Å². The predicted octanol–water partition coefficient (Wildman–Crippen LogP) is 5.45. The average molecular weight is 650 g/mol. The molecule has 36 heavy (non-hydrogen) atoms. The van der Waals surface area contributed by atoms with E-state index in [9.17, 15) is 9.59 Å². The van der Waals surface area contributed by atoms with Gasteiger partial charge in [-0.3, -0.25) is 9.59 Å². The molecular formula is C25H30Cl2IN3O5. The van der Waals surface area contributed by atoms with Crippen molar-refractivity contribution in [1.29, 1.82) is 0 Å². The zero-order valence-corrected chi connectivity index (χ0v) is 24.4. The van der Waals surface area contributed by atoms with Crippen molar-refractivity contribution in [3.05, 3.63) is 49.5 Å². The van der Waals surface area contributed by atoms with E-state index in [0.717, 1.165) is 9.13 Å². The third-order valence-corrected chi connectivity index (χ3v) is 6.16. The van der Waals surface area contributed by atoms with Gasteiger partial charge in [0.25, 0.3) is 11.8 Å². The Labute approximate surface area is 235 Å². The molecule has 0 unspecified atom stereocenters. The molecule has 2 aromatic carbocycles. The van der Waals surface area contributed by atoms with Crippen LogP contribution in [0.4, 0.5) is 0 Å². The van der Waals surface area contributed by atoms with Crippen molar-refractivity contribution in [3.8, 4) is 17.2 Å². The van der Waals surface area contributed by atoms with Gasteiger partial charge in [0, 0.05) is 5.02 Å². The van der Waals surface area contributed by atoms with Gasteiger partial charge >= 0.3 is 0 Å². The summed E-state index contributed by atoms with van der Waals surface area (Å²) in [6.07, 6.45) is 1.02. The first-order chi connectivity index (χ1) is 17.0. The van der Waals surface area contributed by atoms with Crippen molar-refractivity contribution in [3.63, 3.8) is 0 Å². The third kappa shape index (κ3) is 9.01. The maximum atomic E-state index is 12.9. The molecule has 0 bridgehead atoms. The van der Waals surface area contributed by atoms with Crippen LogP contribution in [0.1, 0.15) is 39.7 Å². The number of rotatable bonds is 12. The molecule has 8 nitrogen and oxygen atoms in total. The van der Waals surface area contributed by atoms with Gasteiger partial charge in [-0.1, -0.05) is 37.0 Å². The fourth-order valence-electron chi connectivity index (χ4n) is 3.18. The van der Waals surface area contributed by atoms with E-state index >= 15 is 0 Å². The summed E-state index contributed by atoms with van der Waals surface area (Å²) in [6, 6.07) is 7.54. The van der Waals surface area contributed by atoms with E-state index in [4.69, 9.17) is 37.4 Å². The van der Waals surface area contributed by atoms with Crippen LogP contribution in [-0.2, 0) is 9.59 Å². The van der Waals surface area contributed by atoms with E-state index in [0.29, 0.717) is 35.3 Å². The maximum Gasteiger partial charge on any atom is 0.262 e. The number of hydrazone groups is 1. The zero-order chi connectivity index (χ0) is 26.8. The standard InChI is InChI=1S/C25H30Cl2IN3O5/c1-6-35-22-11-16(10-19(28)23(22)34-5)13-29-31-25(33)20(9-14(2)3)30-24(32)15(4)36-21-8-7-17(26)12-18(21)27/h7-8,10-15,20H,6,9H2,1-5H3,(H,30,32)(H,31,33)/b29-13-/t15-,20-/m0/s1. The van der Waals surface area contributed by atoms with Crippen LogP contribution in [0.5, 0.6) is 17.2 Å². The summed E-state index contributed by atoms with van der Waals surface area (Å²) >= 11 is 14.2. The molecule has 2 aromatic rings. The average Bonchev–Trinajstić information content (AvgIpc) is 2.80. The Balaban J connectivity index is 2.07. The number of hydrogen-bond acceptors (Lipinski definition) is 6. The molecule has 0 saturated carbocycles. The van der Waals surface area contributed by atoms with Gasteiger partial charge in [-0.15, -0.1) is 0 Å². The van der Waals surface area contributed by atoms with Crippen LogP contribution in [0, 0.1) is 9.49 Å². The second-order valence-electron chi connectivity index (χ2n) is 8.23. The number of ether oxygens (including phenoxy) is 3. The smallest absolute Gasteiger partial charge is 0.262 e. The van der Waals surface area contributed by atoms with E-state index in [2.05, 4.69) is 38.4 Å². The number of hydrogen-bond donors (Lipinski definition) is 2. The summed E-state index contributed by atoms with van der Waals surface area (Å²) in [5.41, 5.74) is 3.23. The topological polar surface area (TPSA) is 98.2 Å². The van der Waals surface area contributed by atoms with Crippen molar-refractivity contribution in [1.82, 2.24) is 10.7 Å². The highest BCUT2D eigenvalue weighted by atomic mass is 127. The third-order valence-electron chi connectivity index (χ3n) is 4.83. The van der Waals surface area contributed by atoms with Gasteiger partial charge in [-0.05, 0) is 84.7 Å². The summed E-state index contributed by atoms with van der Waals surface area (Å²) in [6.45, 7) is 7.85. The number of halogens is 3. The van der Waals surface area contributed by atoms with Gasteiger partial charge in [-0.2, -0.15) is 5.10 Å². The van der Waals surface area contributed by atoms with E-state index in [1.807, 2.05) is 26.8 Å². The van der Waals surface area contributed by atoms with E-state index in [1.165, 1.54) is 12.3 Å². The highest BCUT2D eigenvalue weighted by Gasteiger charge is 2.25. The molecule has 11 heteroatoms. The van der Waals surface area contributed by atoms with Crippen LogP contribution in [-0.4, -0.2) is 43.9 Å². The molecule has 0 radical (unpaired) electrons. The van der Waals surface area contributed by atoms with E-state index in [-0.39, 0.29) is 10.9 Å². The van der Waals surface area contributed by atoms with Crippen LogP contribution < -0.4 is 25.0 Å². The summed E-state index contributed by atoms with van der Waals surface area (Å²) in [5.74, 6) is 0.770. The highest BCUT2D eigenvalue weighted by molar-refractivity contribution is 14.1. The number of nitrogens with zero attached hydrogens (tertiary/aromatic N) is 1. The van der Waals surface area contributed by atoms with Crippen LogP contribution in [0.15, 0.2) is 35.4 Å². The van der Waals surface area contributed by atoms with Crippen LogP contribution in [0.3, 0.4) is 0 Å². The van der Waals surface area contributed by atoms with E-state index in [1.54, 1.807) is 32.2 Å². The van der Waals surface area contributed by atoms with Gasteiger partial charge in [-0.25, -0.2) is 5.43 Å². The quantitative estimate of drug-likeness (QED) is 0.181. The van der Waals surface area contributed by atoms with Gasteiger partial charge < -0.3 is 19.5 Å². The molecule has 2 atom stereocenters. The molecule has 0 aromatic heterocycles. The zero-order valence-electron chi connectivity index (χ0n) is 20.7. The molecule has 2 N–H and O–H groups in total. The lowest BCUT2D eigenvalue weighted by Gasteiger charge is -2.22. The second-order valence-corrected chi connectivity index (χ2v) is 10.2. The molecule has 2 rings (SSSR count). The van der Waals surface area contributed by atoms with Crippen molar-refractivity contribution in [2.45, 2.75) is 46.3 Å². The number of carbonyl (C=O) groups excluding carboxylic acids is 2. The SMILES string of the molecule is CCOc1cc(/C=N\NC(=O)[C@H](CC(C)C)NC(=O)[C@H](C)Oc2ccc(Cl)cc2Cl)cc(I)c1OC. The monoisotopic (exact) mass is 649 g/mol. The molecule has 0 aliphatic carbocycles. The Morgan fingerprint density at radius 3 is 2.44 bits per heavy atom. The van der Waals surface area contributed by atoms with Crippen molar-refractivity contribution in [2.24, 2.45) is 11.0 Å². The minimum Gasteiger partial charge on any atom is -0.492 e. The lowest BCUT2D eigenvalue weighted by molar-refractivity contribution is -0.132. The Hall–Kier alpha value is -2.24. The molecule has 196 valence electrons. The fraction of sp³-hybridized carbons (Fsp3) is 0.400. The summed E-state index contributed by atoms with van der Waals surface area (Å²) in [7, 11) is 1.58. The lowest BCUT2D eigenvalue weighted by atomic mass is 10.0. The second kappa shape index (κ2) is 14.5. The molecule has 0 spiro atoms. The minimum atomic E-state index is -0.895. The van der Waals surface area contributed by atoms with Crippen LogP contribution in [0.2, 0.25) is 10.0 Å². The Morgan fingerprint density at radius 1 is 1.11 bits per heavy atom. The van der Waals surface area contributed by atoms with Gasteiger partial charge in [0.05, 0.1) is 28.5 Å². The van der Waals surface area contributed by atoms with Crippen molar-refractivity contribution >= 4 is 63.8 Å².